The standard InChI is InChI=1S/C16H33N3O/c1-5-11-19(12-14-7-9-17-10-8-14)13-15(20)18-16(3,4)6-2/h14,17H,5-13H2,1-4H3,(H,18,20). The molecule has 1 aliphatic rings. The quantitative estimate of drug-likeness (QED) is 0.716. The van der Waals surface area contributed by atoms with Crippen LogP contribution in [-0.2, 0) is 4.79 Å². The van der Waals surface area contributed by atoms with Crippen LogP contribution in [0.5, 0.6) is 0 Å². The van der Waals surface area contributed by atoms with Gasteiger partial charge < -0.3 is 10.6 Å². The minimum Gasteiger partial charge on any atom is -0.350 e. The van der Waals surface area contributed by atoms with Crippen LogP contribution in [0.3, 0.4) is 0 Å². The van der Waals surface area contributed by atoms with Crippen LogP contribution in [0.25, 0.3) is 0 Å². The van der Waals surface area contributed by atoms with Crippen molar-refractivity contribution in [3.8, 4) is 0 Å². The highest BCUT2D eigenvalue weighted by molar-refractivity contribution is 5.78. The maximum absolute atomic E-state index is 12.2. The summed E-state index contributed by atoms with van der Waals surface area (Å²) in [6, 6.07) is 0. The van der Waals surface area contributed by atoms with Crippen LogP contribution in [0, 0.1) is 5.92 Å². The molecule has 0 saturated carbocycles. The van der Waals surface area contributed by atoms with Crippen molar-refractivity contribution in [3.63, 3.8) is 0 Å². The first-order valence-electron chi connectivity index (χ1n) is 8.21. The van der Waals surface area contributed by atoms with Gasteiger partial charge in [-0.25, -0.2) is 0 Å². The van der Waals surface area contributed by atoms with Crippen LogP contribution in [0.15, 0.2) is 0 Å². The Hall–Kier alpha value is -0.610. The van der Waals surface area contributed by atoms with Crippen molar-refractivity contribution >= 4 is 5.91 Å². The molecule has 0 aromatic heterocycles. The molecule has 0 aromatic rings. The molecule has 2 N–H and O–H groups in total. The molecule has 20 heavy (non-hydrogen) atoms. The first-order valence-corrected chi connectivity index (χ1v) is 8.21. The Balaban J connectivity index is 2.42. The predicted octanol–water partition coefficient (Wildman–Crippen LogP) is 2.00. The van der Waals surface area contributed by atoms with Gasteiger partial charge in [-0.05, 0) is 65.1 Å². The monoisotopic (exact) mass is 283 g/mol. The summed E-state index contributed by atoms with van der Waals surface area (Å²) in [5, 5.41) is 6.54. The molecule has 0 atom stereocenters. The van der Waals surface area contributed by atoms with Gasteiger partial charge in [0.1, 0.15) is 0 Å². The lowest BCUT2D eigenvalue weighted by molar-refractivity contribution is -0.124. The predicted molar refractivity (Wildman–Crippen MR) is 84.8 cm³/mol. The van der Waals surface area contributed by atoms with Gasteiger partial charge in [0.05, 0.1) is 6.54 Å². The average molecular weight is 283 g/mol. The summed E-state index contributed by atoms with van der Waals surface area (Å²) in [5.41, 5.74) is -0.0935. The second-order valence-corrected chi connectivity index (χ2v) is 6.71. The number of nitrogens with one attached hydrogen (secondary N) is 2. The molecule has 0 aromatic carbocycles. The number of amides is 1. The van der Waals surface area contributed by atoms with Crippen molar-refractivity contribution in [1.29, 1.82) is 0 Å². The lowest BCUT2D eigenvalue weighted by Crippen LogP contribution is -2.48. The normalized spacial score (nSPS) is 17.4. The lowest BCUT2D eigenvalue weighted by atomic mass is 9.97. The van der Waals surface area contributed by atoms with Crippen LogP contribution in [0.1, 0.15) is 53.4 Å². The second-order valence-electron chi connectivity index (χ2n) is 6.71. The Morgan fingerprint density at radius 3 is 2.50 bits per heavy atom. The lowest BCUT2D eigenvalue weighted by Gasteiger charge is -2.31. The maximum atomic E-state index is 12.2. The van der Waals surface area contributed by atoms with Crippen LogP contribution in [0.2, 0.25) is 0 Å². The first kappa shape index (κ1) is 17.4. The van der Waals surface area contributed by atoms with Crippen LogP contribution in [-0.4, -0.2) is 49.1 Å². The Kier molecular flexibility index (Phi) is 7.52. The van der Waals surface area contributed by atoms with Gasteiger partial charge in [-0.1, -0.05) is 13.8 Å². The minimum absolute atomic E-state index is 0.0935. The summed E-state index contributed by atoms with van der Waals surface area (Å²) in [4.78, 5) is 14.5. The maximum Gasteiger partial charge on any atom is 0.234 e. The molecule has 0 unspecified atom stereocenters. The first-order chi connectivity index (χ1) is 9.46. The fraction of sp³-hybridized carbons (Fsp3) is 0.938. The molecule has 0 spiro atoms. The third kappa shape index (κ3) is 6.71. The molecule has 1 heterocycles. The molecular weight excluding hydrogens is 250 g/mol. The van der Waals surface area contributed by atoms with Gasteiger partial charge in [0.2, 0.25) is 5.91 Å². The molecule has 1 saturated heterocycles. The largest absolute Gasteiger partial charge is 0.350 e. The number of rotatable bonds is 8. The van der Waals surface area contributed by atoms with E-state index >= 15 is 0 Å². The van der Waals surface area contributed by atoms with Gasteiger partial charge in [0.25, 0.3) is 0 Å². The number of hydrogen-bond donors (Lipinski definition) is 2. The minimum atomic E-state index is -0.0935. The van der Waals surface area contributed by atoms with Gasteiger partial charge in [0.15, 0.2) is 0 Å². The van der Waals surface area contributed by atoms with Gasteiger partial charge in [0, 0.05) is 12.1 Å². The third-order valence-electron chi connectivity index (χ3n) is 4.24. The number of nitrogens with zero attached hydrogens (tertiary/aromatic N) is 1. The highest BCUT2D eigenvalue weighted by Gasteiger charge is 2.21. The van der Waals surface area contributed by atoms with E-state index in [4.69, 9.17) is 0 Å². The second kappa shape index (κ2) is 8.63. The molecule has 1 aliphatic heterocycles. The van der Waals surface area contributed by atoms with Gasteiger partial charge in [-0.3, -0.25) is 9.69 Å². The Bertz CT molecular complexity index is 285. The highest BCUT2D eigenvalue weighted by atomic mass is 16.2. The van der Waals surface area contributed by atoms with Crippen molar-refractivity contribution < 1.29 is 4.79 Å². The molecule has 0 radical (unpaired) electrons. The third-order valence-corrected chi connectivity index (χ3v) is 4.24. The molecule has 118 valence electrons. The molecule has 1 amide bonds. The van der Waals surface area contributed by atoms with Crippen molar-refractivity contribution in [3.05, 3.63) is 0 Å². The van der Waals surface area contributed by atoms with Gasteiger partial charge in [-0.2, -0.15) is 0 Å². The van der Waals surface area contributed by atoms with E-state index < -0.39 is 0 Å². The zero-order chi connectivity index (χ0) is 15.0. The van der Waals surface area contributed by atoms with E-state index in [1.165, 1.54) is 12.8 Å². The summed E-state index contributed by atoms with van der Waals surface area (Å²) in [6.45, 7) is 13.3. The smallest absolute Gasteiger partial charge is 0.234 e. The average Bonchev–Trinajstić information content (AvgIpc) is 2.39. The van der Waals surface area contributed by atoms with E-state index in [2.05, 4.69) is 43.2 Å². The summed E-state index contributed by atoms with van der Waals surface area (Å²) >= 11 is 0. The zero-order valence-electron chi connectivity index (χ0n) is 13.8. The Morgan fingerprint density at radius 2 is 1.95 bits per heavy atom. The number of hydrogen-bond acceptors (Lipinski definition) is 3. The van der Waals surface area contributed by atoms with Crippen molar-refractivity contribution in [2.45, 2.75) is 58.9 Å². The molecule has 4 heteroatoms. The summed E-state index contributed by atoms with van der Waals surface area (Å²) < 4.78 is 0. The molecule has 0 bridgehead atoms. The summed E-state index contributed by atoms with van der Waals surface area (Å²) in [7, 11) is 0. The fourth-order valence-electron chi connectivity index (χ4n) is 2.69. The van der Waals surface area contributed by atoms with Gasteiger partial charge >= 0.3 is 0 Å². The fourth-order valence-corrected chi connectivity index (χ4v) is 2.69. The zero-order valence-corrected chi connectivity index (χ0v) is 13.8. The van der Waals surface area contributed by atoms with Crippen molar-refractivity contribution in [1.82, 2.24) is 15.5 Å². The molecule has 1 fully saturated rings. The highest BCUT2D eigenvalue weighted by Crippen LogP contribution is 2.14. The van der Waals surface area contributed by atoms with Crippen molar-refractivity contribution in [2.24, 2.45) is 5.92 Å². The number of carbonyl (C=O) groups excluding carboxylic acids is 1. The molecule has 4 nitrogen and oxygen atoms in total. The topological polar surface area (TPSA) is 44.4 Å². The van der Waals surface area contributed by atoms with E-state index in [9.17, 15) is 4.79 Å². The van der Waals surface area contributed by atoms with E-state index in [1.807, 2.05) is 0 Å². The van der Waals surface area contributed by atoms with Crippen LogP contribution in [0.4, 0.5) is 0 Å². The SMILES string of the molecule is CCCN(CC(=O)NC(C)(C)CC)CC1CCNCC1. The summed E-state index contributed by atoms with van der Waals surface area (Å²) in [6.07, 6.45) is 4.54. The summed E-state index contributed by atoms with van der Waals surface area (Å²) in [5.74, 6) is 0.911. The Labute approximate surface area is 124 Å². The van der Waals surface area contributed by atoms with E-state index in [0.717, 1.165) is 44.9 Å². The number of carbonyl (C=O) groups is 1. The van der Waals surface area contributed by atoms with Crippen molar-refractivity contribution in [2.75, 3.05) is 32.7 Å². The number of piperidine rings is 1. The van der Waals surface area contributed by atoms with E-state index in [0.29, 0.717) is 6.54 Å². The van der Waals surface area contributed by atoms with Gasteiger partial charge in [-0.15, -0.1) is 0 Å². The Morgan fingerprint density at radius 1 is 1.30 bits per heavy atom. The van der Waals surface area contributed by atoms with E-state index in [1.54, 1.807) is 0 Å². The van der Waals surface area contributed by atoms with E-state index in [-0.39, 0.29) is 11.4 Å². The molecular formula is C16H33N3O. The van der Waals surface area contributed by atoms with Crippen LogP contribution >= 0.6 is 0 Å². The molecule has 0 aliphatic carbocycles. The molecule has 1 rings (SSSR count). The van der Waals surface area contributed by atoms with Crippen LogP contribution < -0.4 is 10.6 Å².